The van der Waals surface area contributed by atoms with Crippen LogP contribution in [0.15, 0.2) is 24.3 Å². The van der Waals surface area contributed by atoms with Crippen LogP contribution < -0.4 is 0 Å². The molecule has 1 atom stereocenters. The quantitative estimate of drug-likeness (QED) is 0.766. The van der Waals surface area contributed by atoms with E-state index in [0.717, 1.165) is 13.0 Å². The maximum absolute atomic E-state index is 11.6. The molecule has 0 bridgehead atoms. The Balaban J connectivity index is 1.88. The molecule has 0 N–H and O–H groups in total. The van der Waals surface area contributed by atoms with E-state index in [9.17, 15) is 4.79 Å². The van der Waals surface area contributed by atoms with E-state index >= 15 is 0 Å². The zero-order valence-corrected chi connectivity index (χ0v) is 11.8. The number of amides is 1. The van der Waals surface area contributed by atoms with Gasteiger partial charge in [0.05, 0.1) is 5.38 Å². The molecule has 0 spiro atoms. The van der Waals surface area contributed by atoms with E-state index in [4.69, 9.17) is 11.6 Å². The highest BCUT2D eigenvalue weighted by atomic mass is 35.5. The van der Waals surface area contributed by atoms with E-state index in [-0.39, 0.29) is 11.3 Å². The van der Waals surface area contributed by atoms with Gasteiger partial charge in [0.25, 0.3) is 0 Å². The number of hydrogen-bond donors (Lipinski definition) is 0. The van der Waals surface area contributed by atoms with Crippen LogP contribution in [0.3, 0.4) is 0 Å². The Kier molecular flexibility index (Phi) is 4.28. The average Bonchev–Trinajstić information content (AvgIpc) is 2.66. The van der Waals surface area contributed by atoms with Crippen molar-refractivity contribution in [3.63, 3.8) is 0 Å². The van der Waals surface area contributed by atoms with E-state index in [1.165, 1.54) is 11.1 Å². The predicted molar refractivity (Wildman–Crippen MR) is 75.1 cm³/mol. The van der Waals surface area contributed by atoms with Crippen LogP contribution in [-0.2, 0) is 11.2 Å². The predicted octanol–water partition coefficient (Wildman–Crippen LogP) is 3.19. The standard InChI is InChI=1S/C15H20ClNO/c1-11(2)13-5-3-12(4-6-13)7-8-17-10-14(16)9-15(17)18/h3-6,11,14H,7-10H2,1-2H3. The number of nitrogens with zero attached hydrogens (tertiary/aromatic N) is 1. The fourth-order valence-electron chi connectivity index (χ4n) is 2.27. The highest BCUT2D eigenvalue weighted by Crippen LogP contribution is 2.18. The molecule has 2 rings (SSSR count). The van der Waals surface area contributed by atoms with Gasteiger partial charge in [-0.25, -0.2) is 0 Å². The van der Waals surface area contributed by atoms with Gasteiger partial charge in [-0.2, -0.15) is 0 Å². The van der Waals surface area contributed by atoms with Crippen LogP contribution in [0.25, 0.3) is 0 Å². The average molecular weight is 266 g/mol. The molecule has 1 aromatic rings. The Morgan fingerprint density at radius 1 is 1.33 bits per heavy atom. The van der Waals surface area contributed by atoms with Crippen molar-refractivity contribution >= 4 is 17.5 Å². The molecule has 0 aliphatic carbocycles. The van der Waals surface area contributed by atoms with E-state index in [0.29, 0.717) is 18.9 Å². The Labute approximate surface area is 114 Å². The Morgan fingerprint density at radius 2 is 2.00 bits per heavy atom. The lowest BCUT2D eigenvalue weighted by molar-refractivity contribution is -0.127. The van der Waals surface area contributed by atoms with Crippen LogP contribution in [0.2, 0.25) is 0 Å². The molecule has 18 heavy (non-hydrogen) atoms. The largest absolute Gasteiger partial charge is 0.341 e. The second-order valence-corrected chi connectivity index (χ2v) is 5.90. The number of hydrogen-bond acceptors (Lipinski definition) is 1. The highest BCUT2D eigenvalue weighted by Gasteiger charge is 2.27. The number of rotatable bonds is 4. The van der Waals surface area contributed by atoms with Gasteiger partial charge in [-0.15, -0.1) is 11.6 Å². The molecular formula is C15H20ClNO. The number of benzene rings is 1. The molecule has 1 saturated heterocycles. The van der Waals surface area contributed by atoms with Gasteiger partial charge >= 0.3 is 0 Å². The summed E-state index contributed by atoms with van der Waals surface area (Å²) in [5.74, 6) is 0.755. The fourth-order valence-corrected chi connectivity index (χ4v) is 2.57. The maximum Gasteiger partial charge on any atom is 0.224 e. The Morgan fingerprint density at radius 3 is 2.50 bits per heavy atom. The van der Waals surface area contributed by atoms with E-state index in [1.807, 2.05) is 4.90 Å². The first kappa shape index (κ1) is 13.4. The molecule has 1 aliphatic rings. The minimum absolute atomic E-state index is 0.000756. The van der Waals surface area contributed by atoms with Gasteiger partial charge in [0.15, 0.2) is 0 Å². The van der Waals surface area contributed by atoms with Gasteiger partial charge in [0.1, 0.15) is 0 Å². The van der Waals surface area contributed by atoms with Crippen LogP contribution in [0.4, 0.5) is 0 Å². The summed E-state index contributed by atoms with van der Waals surface area (Å²) in [5, 5.41) is 0.000756. The van der Waals surface area contributed by atoms with Crippen LogP contribution in [0.5, 0.6) is 0 Å². The van der Waals surface area contributed by atoms with Crippen molar-refractivity contribution in [1.82, 2.24) is 4.90 Å². The molecule has 1 aliphatic heterocycles. The van der Waals surface area contributed by atoms with Crippen molar-refractivity contribution in [1.29, 1.82) is 0 Å². The molecule has 0 saturated carbocycles. The second-order valence-electron chi connectivity index (χ2n) is 5.29. The lowest BCUT2D eigenvalue weighted by Gasteiger charge is -2.15. The Hall–Kier alpha value is -1.02. The molecular weight excluding hydrogens is 246 g/mol. The lowest BCUT2D eigenvalue weighted by atomic mass is 10.0. The van der Waals surface area contributed by atoms with Gasteiger partial charge in [-0.3, -0.25) is 4.79 Å². The van der Waals surface area contributed by atoms with Gasteiger partial charge < -0.3 is 4.90 Å². The summed E-state index contributed by atoms with van der Waals surface area (Å²) in [4.78, 5) is 13.5. The van der Waals surface area contributed by atoms with E-state index in [1.54, 1.807) is 0 Å². The second kappa shape index (κ2) is 5.75. The van der Waals surface area contributed by atoms with Crippen LogP contribution in [0.1, 0.15) is 37.3 Å². The number of likely N-dealkylation sites (tertiary alicyclic amines) is 1. The molecule has 2 nitrogen and oxygen atoms in total. The smallest absolute Gasteiger partial charge is 0.224 e. The summed E-state index contributed by atoms with van der Waals surface area (Å²) < 4.78 is 0. The first-order chi connectivity index (χ1) is 8.56. The summed E-state index contributed by atoms with van der Waals surface area (Å²) in [6.07, 6.45) is 1.40. The molecule has 0 radical (unpaired) electrons. The SMILES string of the molecule is CC(C)c1ccc(CCN2CC(Cl)CC2=O)cc1. The van der Waals surface area contributed by atoms with Gasteiger partial charge in [0, 0.05) is 19.5 Å². The molecule has 0 aromatic heterocycles. The first-order valence-corrected chi connectivity index (χ1v) is 7.00. The first-order valence-electron chi connectivity index (χ1n) is 6.57. The third-order valence-electron chi connectivity index (χ3n) is 3.48. The van der Waals surface area contributed by atoms with E-state index < -0.39 is 0 Å². The van der Waals surface area contributed by atoms with Crippen molar-refractivity contribution in [3.05, 3.63) is 35.4 Å². The van der Waals surface area contributed by atoms with Crippen molar-refractivity contribution < 1.29 is 4.79 Å². The van der Waals surface area contributed by atoms with Crippen LogP contribution >= 0.6 is 11.6 Å². The topological polar surface area (TPSA) is 20.3 Å². The van der Waals surface area contributed by atoms with Crippen molar-refractivity contribution in [2.45, 2.75) is 38.0 Å². The molecule has 1 aromatic carbocycles. The summed E-state index contributed by atoms with van der Waals surface area (Å²) in [5.41, 5.74) is 2.64. The van der Waals surface area contributed by atoms with Crippen LogP contribution in [-0.4, -0.2) is 29.3 Å². The third-order valence-corrected chi connectivity index (χ3v) is 3.78. The van der Waals surface area contributed by atoms with Gasteiger partial charge in [-0.05, 0) is 23.5 Å². The van der Waals surface area contributed by atoms with Gasteiger partial charge in [0.2, 0.25) is 5.91 Å². The van der Waals surface area contributed by atoms with Crippen LogP contribution in [0, 0.1) is 0 Å². The lowest BCUT2D eigenvalue weighted by Crippen LogP contribution is -2.27. The highest BCUT2D eigenvalue weighted by molar-refractivity contribution is 6.22. The zero-order chi connectivity index (χ0) is 13.1. The van der Waals surface area contributed by atoms with Gasteiger partial charge in [-0.1, -0.05) is 38.1 Å². The third kappa shape index (κ3) is 3.26. The summed E-state index contributed by atoms with van der Waals surface area (Å²) >= 11 is 5.98. The zero-order valence-electron chi connectivity index (χ0n) is 11.0. The number of halogens is 1. The normalized spacial score (nSPS) is 19.9. The molecule has 3 heteroatoms. The summed E-state index contributed by atoms with van der Waals surface area (Å²) in [7, 11) is 0. The maximum atomic E-state index is 11.6. The van der Waals surface area contributed by atoms with Crippen molar-refractivity contribution in [2.75, 3.05) is 13.1 Å². The molecule has 1 unspecified atom stereocenters. The molecule has 1 fully saturated rings. The molecule has 1 amide bonds. The molecule has 98 valence electrons. The van der Waals surface area contributed by atoms with Crippen molar-refractivity contribution in [2.24, 2.45) is 0 Å². The fraction of sp³-hybridized carbons (Fsp3) is 0.533. The number of carbonyl (C=O) groups excluding carboxylic acids is 1. The summed E-state index contributed by atoms with van der Waals surface area (Å²) in [6.45, 7) is 5.87. The minimum atomic E-state index is 0.000756. The monoisotopic (exact) mass is 265 g/mol. The van der Waals surface area contributed by atoms with E-state index in [2.05, 4.69) is 38.1 Å². The summed E-state index contributed by atoms with van der Waals surface area (Å²) in [6, 6.07) is 8.68. The number of alkyl halides is 1. The minimum Gasteiger partial charge on any atom is -0.341 e. The Bertz CT molecular complexity index is 413. The van der Waals surface area contributed by atoms with Crippen molar-refractivity contribution in [3.8, 4) is 0 Å². The number of carbonyl (C=O) groups is 1. The molecule has 1 heterocycles.